The van der Waals surface area contributed by atoms with Crippen molar-refractivity contribution in [3.05, 3.63) is 18.2 Å². The Morgan fingerprint density at radius 2 is 1.71 bits per heavy atom. The van der Waals surface area contributed by atoms with Crippen molar-refractivity contribution in [3.63, 3.8) is 0 Å². The molecule has 3 amide bonds. The van der Waals surface area contributed by atoms with Gasteiger partial charge >= 0.3 is 5.97 Å². The summed E-state index contributed by atoms with van der Waals surface area (Å²) in [6.45, 7) is 0.624. The highest BCUT2D eigenvalue weighted by Gasteiger charge is 2.31. The number of amides is 3. The molecule has 1 heterocycles. The van der Waals surface area contributed by atoms with Crippen molar-refractivity contribution in [1.82, 2.24) is 31.2 Å². The lowest BCUT2D eigenvalue weighted by Gasteiger charge is -2.25. The van der Waals surface area contributed by atoms with E-state index in [4.69, 9.17) is 22.0 Å². The second-order valence-corrected chi connectivity index (χ2v) is 7.72. The summed E-state index contributed by atoms with van der Waals surface area (Å²) in [7, 11) is 0. The van der Waals surface area contributed by atoms with Gasteiger partial charge in [0, 0.05) is 19.2 Å². The number of aliphatic hydroxyl groups excluding tert-OH is 2. The molecule has 0 fully saturated rings. The minimum absolute atomic E-state index is 0.00583. The van der Waals surface area contributed by atoms with Crippen LogP contribution in [-0.2, 0) is 25.6 Å². The van der Waals surface area contributed by atoms with Gasteiger partial charge in [-0.1, -0.05) is 0 Å². The van der Waals surface area contributed by atoms with Gasteiger partial charge in [0.05, 0.1) is 24.7 Å². The smallest absolute Gasteiger partial charge is 0.328 e. The van der Waals surface area contributed by atoms with Crippen LogP contribution in [0.25, 0.3) is 0 Å². The minimum Gasteiger partial charge on any atom is -0.480 e. The van der Waals surface area contributed by atoms with Gasteiger partial charge in [-0.15, -0.1) is 0 Å². The second-order valence-electron chi connectivity index (χ2n) is 7.72. The maximum Gasteiger partial charge on any atom is 0.328 e. The molecule has 35 heavy (non-hydrogen) atoms. The van der Waals surface area contributed by atoms with Gasteiger partial charge in [-0.25, -0.2) is 9.78 Å². The number of rotatable bonds is 15. The molecule has 196 valence electrons. The van der Waals surface area contributed by atoms with Gasteiger partial charge < -0.3 is 53.0 Å². The first-order chi connectivity index (χ1) is 16.5. The number of aliphatic carboxylic acids is 1. The van der Waals surface area contributed by atoms with Crippen molar-refractivity contribution < 1.29 is 34.5 Å². The number of aromatic amines is 1. The summed E-state index contributed by atoms with van der Waals surface area (Å²) in [4.78, 5) is 56.0. The molecule has 0 spiro atoms. The number of H-pyrrole nitrogens is 1. The summed E-state index contributed by atoms with van der Waals surface area (Å²) in [6.07, 6.45) is 1.85. The number of imidazole rings is 1. The predicted octanol–water partition coefficient (Wildman–Crippen LogP) is -4.55. The van der Waals surface area contributed by atoms with E-state index in [1.807, 2.05) is 0 Å². The van der Waals surface area contributed by atoms with Crippen LogP contribution in [0.3, 0.4) is 0 Å². The van der Waals surface area contributed by atoms with Gasteiger partial charge in [-0.05, 0) is 19.8 Å². The number of carboxylic acids is 1. The van der Waals surface area contributed by atoms with Gasteiger partial charge in [0.1, 0.15) is 24.2 Å². The molecule has 0 aromatic carbocycles. The van der Waals surface area contributed by atoms with Crippen LogP contribution in [0.1, 0.15) is 25.5 Å². The maximum atomic E-state index is 13.1. The molecule has 0 aliphatic rings. The zero-order valence-corrected chi connectivity index (χ0v) is 19.2. The zero-order chi connectivity index (χ0) is 26.5. The molecule has 0 aliphatic carbocycles. The number of hydrogen-bond donors (Lipinski definition) is 11. The van der Waals surface area contributed by atoms with Crippen LogP contribution in [0.15, 0.2) is 12.5 Å². The first-order valence-corrected chi connectivity index (χ1v) is 10.7. The highest BCUT2D eigenvalue weighted by molar-refractivity contribution is 5.94. The quantitative estimate of drug-likeness (QED) is 0.0620. The van der Waals surface area contributed by atoms with Gasteiger partial charge in [-0.3, -0.25) is 19.8 Å². The fraction of sp³-hybridized carbons (Fsp3) is 0.579. The molecule has 0 radical (unpaired) electrons. The van der Waals surface area contributed by atoms with Crippen molar-refractivity contribution >= 4 is 29.7 Å². The number of carbonyl (C=O) groups is 4. The Bertz CT molecular complexity index is 863. The van der Waals surface area contributed by atoms with Crippen molar-refractivity contribution in [2.45, 2.75) is 56.5 Å². The number of aliphatic hydroxyl groups is 2. The second kappa shape index (κ2) is 14.5. The minimum atomic E-state index is -1.60. The van der Waals surface area contributed by atoms with Crippen molar-refractivity contribution in [2.75, 3.05) is 13.2 Å². The number of aromatic nitrogens is 2. The molecule has 1 aromatic heterocycles. The van der Waals surface area contributed by atoms with Gasteiger partial charge in [0.25, 0.3) is 0 Å². The molecule has 16 nitrogen and oxygen atoms in total. The van der Waals surface area contributed by atoms with E-state index in [9.17, 15) is 29.4 Å². The fourth-order valence-corrected chi connectivity index (χ4v) is 2.84. The van der Waals surface area contributed by atoms with Crippen LogP contribution in [-0.4, -0.2) is 98.4 Å². The highest BCUT2D eigenvalue weighted by Crippen LogP contribution is 2.04. The largest absolute Gasteiger partial charge is 0.480 e. The molecular formula is C19H33N9O7. The molecular weight excluding hydrogens is 466 g/mol. The lowest BCUT2D eigenvalue weighted by Crippen LogP contribution is -2.59. The predicted molar refractivity (Wildman–Crippen MR) is 122 cm³/mol. The average Bonchev–Trinajstić information content (AvgIpc) is 3.30. The first-order valence-electron chi connectivity index (χ1n) is 10.7. The Hall–Kier alpha value is -3.76. The van der Waals surface area contributed by atoms with E-state index >= 15 is 0 Å². The van der Waals surface area contributed by atoms with E-state index in [2.05, 4.69) is 31.2 Å². The van der Waals surface area contributed by atoms with E-state index in [1.54, 1.807) is 0 Å². The van der Waals surface area contributed by atoms with Crippen LogP contribution >= 0.6 is 0 Å². The van der Waals surface area contributed by atoms with Crippen LogP contribution in [0.4, 0.5) is 0 Å². The SMILES string of the molecule is C[C@@H](O)[C@H](N)C(=O)N[C@@H](Cc1c[nH]cn1)C(=O)N[C@@H](CCCNC(=N)N)C(=O)N[C@@H](CO)C(=O)O. The van der Waals surface area contributed by atoms with Crippen LogP contribution in [0, 0.1) is 5.41 Å². The van der Waals surface area contributed by atoms with E-state index in [-0.39, 0.29) is 31.8 Å². The lowest BCUT2D eigenvalue weighted by atomic mass is 10.1. The number of guanidine groups is 1. The van der Waals surface area contributed by atoms with E-state index in [0.717, 1.165) is 0 Å². The normalized spacial score (nSPS) is 15.1. The maximum absolute atomic E-state index is 13.1. The molecule has 0 saturated heterocycles. The number of nitrogens with zero attached hydrogens (tertiary/aromatic N) is 1. The summed E-state index contributed by atoms with van der Waals surface area (Å²) < 4.78 is 0. The Kier molecular flexibility index (Phi) is 12.1. The lowest BCUT2D eigenvalue weighted by molar-refractivity contribution is -0.143. The van der Waals surface area contributed by atoms with E-state index in [0.29, 0.717) is 5.69 Å². The molecule has 1 rings (SSSR count). The van der Waals surface area contributed by atoms with Gasteiger partial charge in [0.2, 0.25) is 17.7 Å². The number of nitrogens with one attached hydrogen (secondary N) is 6. The number of nitrogens with two attached hydrogens (primary N) is 2. The third-order valence-electron chi connectivity index (χ3n) is 4.84. The molecule has 5 atom stereocenters. The Labute approximate surface area is 200 Å². The Morgan fingerprint density at radius 1 is 1.11 bits per heavy atom. The third kappa shape index (κ3) is 10.4. The monoisotopic (exact) mass is 499 g/mol. The van der Waals surface area contributed by atoms with Crippen LogP contribution in [0.5, 0.6) is 0 Å². The average molecular weight is 500 g/mol. The summed E-state index contributed by atoms with van der Waals surface area (Å²) in [5.41, 5.74) is 11.3. The Balaban J connectivity index is 3.03. The zero-order valence-electron chi connectivity index (χ0n) is 19.2. The molecule has 1 aromatic rings. The van der Waals surface area contributed by atoms with Gasteiger partial charge in [0.15, 0.2) is 5.96 Å². The molecule has 16 heteroatoms. The fourth-order valence-electron chi connectivity index (χ4n) is 2.84. The van der Waals surface area contributed by atoms with E-state index < -0.39 is 60.6 Å². The summed E-state index contributed by atoms with van der Waals surface area (Å²) in [5, 5.41) is 44.6. The molecule has 0 unspecified atom stereocenters. The first kappa shape index (κ1) is 29.3. The van der Waals surface area contributed by atoms with Gasteiger partial charge in [-0.2, -0.15) is 0 Å². The molecule has 0 saturated carbocycles. The Morgan fingerprint density at radius 3 is 2.23 bits per heavy atom. The summed E-state index contributed by atoms with van der Waals surface area (Å²) in [5.74, 6) is -4.26. The number of hydrogen-bond acceptors (Lipinski definition) is 9. The molecule has 0 aliphatic heterocycles. The van der Waals surface area contributed by atoms with Crippen LogP contribution < -0.4 is 32.7 Å². The molecule has 0 bridgehead atoms. The number of carbonyl (C=O) groups excluding carboxylic acids is 3. The van der Waals surface area contributed by atoms with Crippen molar-refractivity contribution in [2.24, 2.45) is 11.5 Å². The number of carboxylic acid groups (broad SMARTS) is 1. The summed E-state index contributed by atoms with van der Waals surface area (Å²) in [6, 6.07) is -5.41. The topological polar surface area (TPSA) is 282 Å². The molecule has 13 N–H and O–H groups in total. The summed E-state index contributed by atoms with van der Waals surface area (Å²) >= 11 is 0. The van der Waals surface area contributed by atoms with Crippen LogP contribution in [0.2, 0.25) is 0 Å². The van der Waals surface area contributed by atoms with Crippen molar-refractivity contribution in [1.29, 1.82) is 5.41 Å². The van der Waals surface area contributed by atoms with E-state index in [1.165, 1.54) is 19.4 Å². The highest BCUT2D eigenvalue weighted by atomic mass is 16.4. The third-order valence-corrected chi connectivity index (χ3v) is 4.84. The standard InChI is InChI=1S/C19H33N9O7/c1-9(30)14(20)17(33)27-12(5-10-6-23-8-25-10)16(32)26-11(3-2-4-24-19(21)22)15(31)28-13(7-29)18(34)35/h6,8-9,11-14,29-30H,2-5,7,20H2,1H3,(H,23,25)(H,26,32)(H,27,33)(H,28,31)(H,34,35)(H4,21,22,24)/t9-,11+,12+,13+,14+/m1/s1. The van der Waals surface area contributed by atoms with Crippen molar-refractivity contribution in [3.8, 4) is 0 Å².